The highest BCUT2D eigenvalue weighted by Crippen LogP contribution is 2.21. The third-order valence-corrected chi connectivity index (χ3v) is 5.81. The molecule has 0 radical (unpaired) electrons. The second kappa shape index (κ2) is 8.65. The molecule has 1 aliphatic rings. The number of aryl methyl sites for hydroxylation is 2. The average Bonchev–Trinajstić information content (AvgIpc) is 3.31. The molecule has 4 rings (SSSR count). The topological polar surface area (TPSA) is 75.9 Å². The Morgan fingerprint density at radius 3 is 2.73 bits per heavy atom. The molecule has 1 aliphatic heterocycles. The second-order valence-electron chi connectivity index (χ2n) is 7.88. The second-order valence-corrected chi connectivity index (χ2v) is 7.88. The first-order valence-corrected chi connectivity index (χ1v) is 10.4. The quantitative estimate of drug-likeness (QED) is 0.684. The van der Waals surface area contributed by atoms with Crippen molar-refractivity contribution in [1.82, 2.24) is 25.1 Å². The number of nitrogens with zero attached hydrogens (tertiary/aromatic N) is 5. The number of aromatic nitrogens is 4. The SMILES string of the molecule is Cc1nn(C)c(C)c1CCC(=O)NC1CCN(c2nccc(-c3ccccc3)n2)C1. The van der Waals surface area contributed by atoms with Gasteiger partial charge in [0.05, 0.1) is 11.4 Å². The predicted molar refractivity (Wildman–Crippen MR) is 117 cm³/mol. The minimum atomic E-state index is 0.0865. The number of nitrogens with one attached hydrogen (secondary N) is 1. The smallest absolute Gasteiger partial charge is 0.225 e. The zero-order valence-corrected chi connectivity index (χ0v) is 17.8. The van der Waals surface area contributed by atoms with Gasteiger partial charge in [0, 0.05) is 50.1 Å². The fourth-order valence-corrected chi connectivity index (χ4v) is 4.05. The van der Waals surface area contributed by atoms with E-state index >= 15 is 0 Å². The van der Waals surface area contributed by atoms with Crippen LogP contribution in [-0.4, -0.2) is 44.8 Å². The van der Waals surface area contributed by atoms with Crippen LogP contribution >= 0.6 is 0 Å². The zero-order valence-electron chi connectivity index (χ0n) is 17.8. The fourth-order valence-electron chi connectivity index (χ4n) is 4.05. The van der Waals surface area contributed by atoms with Gasteiger partial charge >= 0.3 is 0 Å². The molecule has 7 heteroatoms. The van der Waals surface area contributed by atoms with E-state index in [0.717, 1.165) is 54.5 Å². The Bertz CT molecular complexity index is 1030. The maximum absolute atomic E-state index is 12.5. The number of amides is 1. The standard InChI is InChI=1S/C23H28N6O/c1-16-20(17(2)28(3)27-16)9-10-22(30)25-19-12-14-29(15-19)23-24-13-11-21(26-23)18-7-5-4-6-8-18/h4-8,11,13,19H,9-10,12,14-15H2,1-3H3,(H,25,30). The van der Waals surface area contributed by atoms with E-state index in [4.69, 9.17) is 4.98 Å². The molecule has 1 saturated heterocycles. The van der Waals surface area contributed by atoms with Crippen LogP contribution in [0.3, 0.4) is 0 Å². The molecule has 0 spiro atoms. The lowest BCUT2D eigenvalue weighted by Crippen LogP contribution is -2.37. The summed E-state index contributed by atoms with van der Waals surface area (Å²) in [5.41, 5.74) is 5.29. The molecule has 3 aromatic rings. The number of rotatable bonds is 6. The van der Waals surface area contributed by atoms with E-state index in [2.05, 4.69) is 20.3 Å². The number of carbonyl (C=O) groups excluding carboxylic acids is 1. The van der Waals surface area contributed by atoms with E-state index in [9.17, 15) is 4.79 Å². The van der Waals surface area contributed by atoms with E-state index in [-0.39, 0.29) is 11.9 Å². The van der Waals surface area contributed by atoms with Gasteiger partial charge in [0.1, 0.15) is 0 Å². The summed E-state index contributed by atoms with van der Waals surface area (Å²) in [5.74, 6) is 0.804. The molecule has 1 atom stereocenters. The molecule has 1 fully saturated rings. The Morgan fingerprint density at radius 1 is 1.20 bits per heavy atom. The van der Waals surface area contributed by atoms with Crippen LogP contribution in [-0.2, 0) is 18.3 Å². The van der Waals surface area contributed by atoms with Gasteiger partial charge in [-0.05, 0) is 38.3 Å². The average molecular weight is 405 g/mol. The van der Waals surface area contributed by atoms with Crippen LogP contribution in [0.4, 0.5) is 5.95 Å². The van der Waals surface area contributed by atoms with Gasteiger partial charge in [0.25, 0.3) is 0 Å². The largest absolute Gasteiger partial charge is 0.352 e. The van der Waals surface area contributed by atoms with Gasteiger partial charge in [-0.2, -0.15) is 5.10 Å². The first kappa shape index (κ1) is 20.1. The van der Waals surface area contributed by atoms with E-state index in [1.807, 2.05) is 62.0 Å². The fraction of sp³-hybridized carbons (Fsp3) is 0.391. The van der Waals surface area contributed by atoms with Crippen molar-refractivity contribution in [3.8, 4) is 11.3 Å². The van der Waals surface area contributed by atoms with Crippen molar-refractivity contribution in [3.63, 3.8) is 0 Å². The summed E-state index contributed by atoms with van der Waals surface area (Å²) in [7, 11) is 1.94. The normalized spacial score (nSPS) is 16.1. The first-order chi connectivity index (χ1) is 14.5. The molecule has 1 unspecified atom stereocenters. The van der Waals surface area contributed by atoms with Gasteiger partial charge in [0.2, 0.25) is 11.9 Å². The number of hydrogen-bond acceptors (Lipinski definition) is 5. The van der Waals surface area contributed by atoms with E-state index < -0.39 is 0 Å². The van der Waals surface area contributed by atoms with Crippen molar-refractivity contribution < 1.29 is 4.79 Å². The highest BCUT2D eigenvalue weighted by Gasteiger charge is 2.26. The minimum absolute atomic E-state index is 0.0865. The Hall–Kier alpha value is -3.22. The monoisotopic (exact) mass is 404 g/mol. The Labute approximate surface area is 177 Å². The van der Waals surface area contributed by atoms with E-state index in [0.29, 0.717) is 6.42 Å². The van der Waals surface area contributed by atoms with E-state index in [1.54, 1.807) is 6.20 Å². The first-order valence-electron chi connectivity index (χ1n) is 10.4. The van der Waals surface area contributed by atoms with Gasteiger partial charge in [-0.3, -0.25) is 9.48 Å². The molecule has 1 aromatic carbocycles. The molecule has 2 aromatic heterocycles. The molecule has 7 nitrogen and oxygen atoms in total. The maximum Gasteiger partial charge on any atom is 0.225 e. The highest BCUT2D eigenvalue weighted by molar-refractivity contribution is 5.76. The molecular formula is C23H28N6O. The summed E-state index contributed by atoms with van der Waals surface area (Å²) in [6.07, 6.45) is 3.89. The molecular weight excluding hydrogens is 376 g/mol. The lowest BCUT2D eigenvalue weighted by Gasteiger charge is -2.17. The summed E-state index contributed by atoms with van der Waals surface area (Å²) in [6, 6.07) is 12.2. The molecule has 1 amide bonds. The van der Waals surface area contributed by atoms with Gasteiger partial charge in [0.15, 0.2) is 0 Å². The van der Waals surface area contributed by atoms with Crippen LogP contribution in [0.2, 0.25) is 0 Å². The molecule has 0 saturated carbocycles. The van der Waals surface area contributed by atoms with Gasteiger partial charge < -0.3 is 10.2 Å². The minimum Gasteiger partial charge on any atom is -0.352 e. The van der Waals surface area contributed by atoms with Crippen LogP contribution in [0.1, 0.15) is 29.8 Å². The van der Waals surface area contributed by atoms with Crippen molar-refractivity contribution in [2.45, 2.75) is 39.2 Å². The van der Waals surface area contributed by atoms with Crippen LogP contribution in [0, 0.1) is 13.8 Å². The van der Waals surface area contributed by atoms with Crippen molar-refractivity contribution in [2.24, 2.45) is 7.05 Å². The number of benzene rings is 1. The summed E-state index contributed by atoms with van der Waals surface area (Å²) in [6.45, 7) is 5.61. The molecule has 0 bridgehead atoms. The van der Waals surface area contributed by atoms with Crippen molar-refractivity contribution >= 4 is 11.9 Å². The van der Waals surface area contributed by atoms with Gasteiger partial charge in [-0.1, -0.05) is 30.3 Å². The lowest BCUT2D eigenvalue weighted by molar-refractivity contribution is -0.121. The summed E-state index contributed by atoms with van der Waals surface area (Å²) >= 11 is 0. The lowest BCUT2D eigenvalue weighted by atomic mass is 10.1. The molecule has 0 aliphatic carbocycles. The zero-order chi connectivity index (χ0) is 21.1. The third kappa shape index (κ3) is 4.35. The molecule has 156 valence electrons. The van der Waals surface area contributed by atoms with Crippen molar-refractivity contribution in [2.75, 3.05) is 18.0 Å². The summed E-state index contributed by atoms with van der Waals surface area (Å²) in [5, 5.41) is 7.61. The van der Waals surface area contributed by atoms with Crippen LogP contribution < -0.4 is 10.2 Å². The predicted octanol–water partition coefficient (Wildman–Crippen LogP) is 2.82. The number of hydrogen-bond donors (Lipinski definition) is 1. The van der Waals surface area contributed by atoms with Crippen molar-refractivity contribution in [1.29, 1.82) is 0 Å². The number of carbonyl (C=O) groups is 1. The Morgan fingerprint density at radius 2 is 2.00 bits per heavy atom. The van der Waals surface area contributed by atoms with Crippen LogP contribution in [0.5, 0.6) is 0 Å². The van der Waals surface area contributed by atoms with E-state index in [1.165, 1.54) is 5.56 Å². The molecule has 30 heavy (non-hydrogen) atoms. The summed E-state index contributed by atoms with van der Waals surface area (Å²) < 4.78 is 1.88. The summed E-state index contributed by atoms with van der Waals surface area (Å²) in [4.78, 5) is 23.8. The molecule has 1 N–H and O–H groups in total. The maximum atomic E-state index is 12.5. The van der Waals surface area contributed by atoms with Crippen LogP contribution in [0.15, 0.2) is 42.6 Å². The van der Waals surface area contributed by atoms with Gasteiger partial charge in [-0.15, -0.1) is 0 Å². The Kier molecular flexibility index (Phi) is 5.79. The van der Waals surface area contributed by atoms with Crippen molar-refractivity contribution in [3.05, 3.63) is 59.5 Å². The third-order valence-electron chi connectivity index (χ3n) is 5.81. The van der Waals surface area contributed by atoms with Crippen LogP contribution in [0.25, 0.3) is 11.3 Å². The van der Waals surface area contributed by atoms with Gasteiger partial charge in [-0.25, -0.2) is 9.97 Å². The Balaban J connectivity index is 1.33. The molecule has 3 heterocycles. The highest BCUT2D eigenvalue weighted by atomic mass is 16.1. The number of anilines is 1.